The van der Waals surface area contributed by atoms with Gasteiger partial charge in [0.05, 0.1) is 24.4 Å². The number of aliphatic hydroxyl groups excluding tert-OH is 1. The van der Waals surface area contributed by atoms with Crippen molar-refractivity contribution >= 4 is 5.91 Å². The Kier molecular flexibility index (Phi) is 5.98. The Morgan fingerprint density at radius 1 is 1.25 bits per heavy atom. The summed E-state index contributed by atoms with van der Waals surface area (Å²) in [5, 5.41) is 19.0. The van der Waals surface area contributed by atoms with Gasteiger partial charge >= 0.3 is 0 Å². The predicted octanol–water partition coefficient (Wildman–Crippen LogP) is 2.61. The molecular formula is C18H25N3O3. The van der Waals surface area contributed by atoms with Gasteiger partial charge in [0.15, 0.2) is 0 Å². The third-order valence-corrected chi connectivity index (χ3v) is 3.66. The summed E-state index contributed by atoms with van der Waals surface area (Å²) in [6, 6.07) is 8.98. The highest BCUT2D eigenvalue weighted by atomic mass is 16.5. The first kappa shape index (κ1) is 18.0. The van der Waals surface area contributed by atoms with E-state index in [9.17, 15) is 9.90 Å². The van der Waals surface area contributed by atoms with Gasteiger partial charge in [0.1, 0.15) is 11.4 Å². The van der Waals surface area contributed by atoms with Gasteiger partial charge in [0.25, 0.3) is 5.91 Å². The number of carbonyl (C=O) groups is 1. The maximum Gasteiger partial charge on any atom is 0.269 e. The van der Waals surface area contributed by atoms with Crippen molar-refractivity contribution in [3.63, 3.8) is 0 Å². The average molecular weight is 331 g/mol. The molecule has 1 aromatic heterocycles. The average Bonchev–Trinajstić information content (AvgIpc) is 3.02. The first-order chi connectivity index (χ1) is 11.4. The Balaban J connectivity index is 2.08. The first-order valence-corrected chi connectivity index (χ1v) is 8.15. The first-order valence-electron chi connectivity index (χ1n) is 8.15. The lowest BCUT2D eigenvalue weighted by molar-refractivity contribution is 0.0891. The quantitative estimate of drug-likeness (QED) is 0.728. The summed E-state index contributed by atoms with van der Waals surface area (Å²) in [6.45, 7) is 7.75. The number of aromatic amines is 1. The van der Waals surface area contributed by atoms with Gasteiger partial charge in [0, 0.05) is 5.56 Å². The second-order valence-corrected chi connectivity index (χ2v) is 6.36. The molecule has 1 aromatic carbocycles. The van der Waals surface area contributed by atoms with Gasteiger partial charge in [0.2, 0.25) is 0 Å². The number of ether oxygens (including phenoxy) is 1. The molecule has 0 aliphatic carbocycles. The number of rotatable bonds is 7. The van der Waals surface area contributed by atoms with Crippen LogP contribution < -0.4 is 10.1 Å². The third-order valence-electron chi connectivity index (χ3n) is 3.66. The molecule has 2 aromatic rings. The second-order valence-electron chi connectivity index (χ2n) is 6.36. The van der Waals surface area contributed by atoms with Gasteiger partial charge in [-0.3, -0.25) is 9.89 Å². The Morgan fingerprint density at radius 3 is 2.46 bits per heavy atom. The SMILES string of the molecule is CC(C)Oc1ccc(-c2cc(C(=O)N[C@H](CO)C(C)C)[nH]n2)cc1. The van der Waals surface area contributed by atoms with Gasteiger partial charge in [-0.2, -0.15) is 5.10 Å². The Morgan fingerprint density at radius 2 is 1.92 bits per heavy atom. The molecule has 3 N–H and O–H groups in total. The lowest BCUT2D eigenvalue weighted by atomic mass is 10.1. The van der Waals surface area contributed by atoms with Gasteiger partial charge in [-0.15, -0.1) is 0 Å². The lowest BCUT2D eigenvalue weighted by Gasteiger charge is -2.19. The van der Waals surface area contributed by atoms with E-state index in [1.807, 2.05) is 52.0 Å². The maximum absolute atomic E-state index is 12.2. The van der Waals surface area contributed by atoms with Gasteiger partial charge in [-0.05, 0) is 50.1 Å². The van der Waals surface area contributed by atoms with Crippen LogP contribution in [0.15, 0.2) is 30.3 Å². The van der Waals surface area contributed by atoms with E-state index in [4.69, 9.17) is 4.74 Å². The Labute approximate surface area is 142 Å². The molecule has 1 heterocycles. The number of amides is 1. The normalized spacial score (nSPS) is 12.5. The molecule has 6 nitrogen and oxygen atoms in total. The fraction of sp³-hybridized carbons (Fsp3) is 0.444. The molecule has 0 bridgehead atoms. The van der Waals surface area contributed by atoms with Crippen LogP contribution in [0.2, 0.25) is 0 Å². The molecule has 130 valence electrons. The molecule has 0 saturated heterocycles. The summed E-state index contributed by atoms with van der Waals surface area (Å²) in [5.74, 6) is 0.668. The number of nitrogens with one attached hydrogen (secondary N) is 2. The van der Waals surface area contributed by atoms with E-state index in [-0.39, 0.29) is 30.6 Å². The van der Waals surface area contributed by atoms with E-state index < -0.39 is 0 Å². The fourth-order valence-corrected chi connectivity index (χ4v) is 2.23. The highest BCUT2D eigenvalue weighted by Gasteiger charge is 2.18. The van der Waals surface area contributed by atoms with Crippen LogP contribution >= 0.6 is 0 Å². The molecule has 1 atom stereocenters. The number of nitrogens with zero attached hydrogens (tertiary/aromatic N) is 1. The third kappa shape index (κ3) is 4.58. The number of aliphatic hydroxyl groups is 1. The van der Waals surface area contributed by atoms with Crippen LogP contribution in [0, 0.1) is 5.92 Å². The molecular weight excluding hydrogens is 306 g/mol. The Bertz CT molecular complexity index is 662. The summed E-state index contributed by atoms with van der Waals surface area (Å²) in [7, 11) is 0. The largest absolute Gasteiger partial charge is 0.491 e. The molecule has 1 amide bonds. The van der Waals surface area contributed by atoms with E-state index in [0.717, 1.165) is 11.3 Å². The molecule has 6 heteroatoms. The molecule has 24 heavy (non-hydrogen) atoms. The van der Waals surface area contributed by atoms with E-state index in [2.05, 4.69) is 15.5 Å². The van der Waals surface area contributed by atoms with Crippen LogP contribution in [0.4, 0.5) is 0 Å². The van der Waals surface area contributed by atoms with Gasteiger partial charge in [-0.25, -0.2) is 0 Å². The zero-order valence-corrected chi connectivity index (χ0v) is 14.5. The van der Waals surface area contributed by atoms with Crippen molar-refractivity contribution in [1.29, 1.82) is 0 Å². The number of H-pyrrole nitrogens is 1. The molecule has 0 aliphatic heterocycles. The Hall–Kier alpha value is -2.34. The van der Waals surface area contributed by atoms with Gasteiger partial charge in [-0.1, -0.05) is 13.8 Å². The van der Waals surface area contributed by atoms with Gasteiger partial charge < -0.3 is 15.2 Å². The molecule has 0 fully saturated rings. The summed E-state index contributed by atoms with van der Waals surface area (Å²) in [4.78, 5) is 12.2. The minimum absolute atomic E-state index is 0.0955. The van der Waals surface area contributed by atoms with Crippen molar-refractivity contribution < 1.29 is 14.6 Å². The number of carbonyl (C=O) groups excluding carboxylic acids is 1. The monoisotopic (exact) mass is 331 g/mol. The highest BCUT2D eigenvalue weighted by molar-refractivity contribution is 5.93. The smallest absolute Gasteiger partial charge is 0.269 e. The van der Waals surface area contributed by atoms with Crippen molar-refractivity contribution in [1.82, 2.24) is 15.5 Å². The minimum Gasteiger partial charge on any atom is -0.491 e. The molecule has 0 radical (unpaired) electrons. The molecule has 0 aliphatic rings. The standard InChI is InChI=1S/C18H25N3O3/c1-11(2)17(10-22)19-18(23)16-9-15(20-21-16)13-5-7-14(8-6-13)24-12(3)4/h5-9,11-12,17,22H,10H2,1-4H3,(H,19,23)(H,20,21)/t17-/m1/s1. The van der Waals surface area contributed by atoms with E-state index >= 15 is 0 Å². The van der Waals surface area contributed by atoms with Crippen molar-refractivity contribution in [2.75, 3.05) is 6.61 Å². The highest BCUT2D eigenvalue weighted by Crippen LogP contribution is 2.22. The van der Waals surface area contributed by atoms with Crippen LogP contribution in [-0.4, -0.2) is 40.0 Å². The van der Waals surface area contributed by atoms with E-state index in [1.165, 1.54) is 0 Å². The molecule has 0 spiro atoms. The summed E-state index contributed by atoms with van der Waals surface area (Å²) < 4.78 is 5.61. The number of hydrogen-bond donors (Lipinski definition) is 3. The van der Waals surface area contributed by atoms with Crippen LogP contribution in [0.5, 0.6) is 5.75 Å². The van der Waals surface area contributed by atoms with E-state index in [1.54, 1.807) is 6.07 Å². The van der Waals surface area contributed by atoms with Crippen molar-refractivity contribution in [3.05, 3.63) is 36.0 Å². The van der Waals surface area contributed by atoms with Crippen LogP contribution in [-0.2, 0) is 0 Å². The molecule has 2 rings (SSSR count). The summed E-state index contributed by atoms with van der Waals surface area (Å²) in [5.41, 5.74) is 1.94. The number of aromatic nitrogens is 2. The summed E-state index contributed by atoms with van der Waals surface area (Å²) >= 11 is 0. The zero-order chi connectivity index (χ0) is 17.7. The predicted molar refractivity (Wildman–Crippen MR) is 93.0 cm³/mol. The molecule has 0 unspecified atom stereocenters. The second kappa shape index (κ2) is 7.97. The van der Waals surface area contributed by atoms with E-state index in [0.29, 0.717) is 11.4 Å². The maximum atomic E-state index is 12.2. The van der Waals surface area contributed by atoms with Crippen molar-refractivity contribution in [2.45, 2.75) is 39.8 Å². The minimum atomic E-state index is -0.281. The van der Waals surface area contributed by atoms with Crippen molar-refractivity contribution in [3.8, 4) is 17.0 Å². The molecule has 0 saturated carbocycles. The fourth-order valence-electron chi connectivity index (χ4n) is 2.23. The topological polar surface area (TPSA) is 87.2 Å². The van der Waals surface area contributed by atoms with Crippen LogP contribution in [0.25, 0.3) is 11.3 Å². The number of hydrogen-bond acceptors (Lipinski definition) is 4. The van der Waals surface area contributed by atoms with Crippen LogP contribution in [0.3, 0.4) is 0 Å². The zero-order valence-electron chi connectivity index (χ0n) is 14.5. The summed E-state index contributed by atoms with van der Waals surface area (Å²) in [6.07, 6.45) is 0.122. The van der Waals surface area contributed by atoms with Crippen molar-refractivity contribution in [2.24, 2.45) is 5.92 Å². The lowest BCUT2D eigenvalue weighted by Crippen LogP contribution is -2.41. The van der Waals surface area contributed by atoms with Crippen LogP contribution in [0.1, 0.15) is 38.2 Å². The number of benzene rings is 1.